The summed E-state index contributed by atoms with van der Waals surface area (Å²) in [6, 6.07) is -1.61. The van der Waals surface area contributed by atoms with E-state index < -0.39 is 51.4 Å². The fourth-order valence-electron chi connectivity index (χ4n) is 11.8. The van der Waals surface area contributed by atoms with Gasteiger partial charge in [-0.1, -0.05) is 74.5 Å². The average molecular weight is 750 g/mol. The predicted octanol–water partition coefficient (Wildman–Crippen LogP) is 6.82. The molecule has 3 aliphatic carbocycles. The molecule has 12 nitrogen and oxygen atoms in total. The summed E-state index contributed by atoms with van der Waals surface area (Å²) >= 11 is 0. The minimum absolute atomic E-state index is 0.222. The largest absolute Gasteiger partial charge is 0.424 e. The molecule has 3 saturated carbocycles. The van der Waals surface area contributed by atoms with Crippen LogP contribution in [-0.2, 0) is 14.4 Å². The summed E-state index contributed by atoms with van der Waals surface area (Å²) in [6.45, 7) is 22.3. The summed E-state index contributed by atoms with van der Waals surface area (Å²) in [5.74, 6) is 0. The smallest absolute Gasteiger partial charge is 0.247 e. The van der Waals surface area contributed by atoms with Gasteiger partial charge >= 0.3 is 23.1 Å². The van der Waals surface area contributed by atoms with Crippen LogP contribution in [0.25, 0.3) is 0 Å². The summed E-state index contributed by atoms with van der Waals surface area (Å²) in [4.78, 5) is 87.7. The summed E-state index contributed by atoms with van der Waals surface area (Å²) in [7, 11) is 0. The van der Waals surface area contributed by atoms with Gasteiger partial charge in [-0.25, -0.2) is 47.7 Å². The normalized spacial score (nSPS) is 31.6. The predicted molar refractivity (Wildman–Crippen MR) is 209 cm³/mol. The molecule has 0 N–H and O–H groups in total. The van der Waals surface area contributed by atoms with Crippen molar-refractivity contribution in [3.05, 3.63) is 43.6 Å². The zero-order valence-electron chi connectivity index (χ0n) is 34.6. The number of hydrogen-bond donors (Lipinski definition) is 0. The SMILES string of the molecule is CC=CCCC[N+](=C=O)CC1(C)CC(n2c(=O)n(C3CC(C)(C)CC(C)(CN=C=O)C3)c(=O)n(C3CC(C)(C)CC(C)(CN=C=O)C3)c2=O)CC(C)(C)C1. The minimum Gasteiger partial charge on any atom is -0.247 e. The van der Waals surface area contributed by atoms with E-state index in [9.17, 15) is 19.2 Å². The van der Waals surface area contributed by atoms with Crippen molar-refractivity contribution in [3.8, 4) is 0 Å². The zero-order chi connectivity index (χ0) is 40.3. The Labute approximate surface area is 320 Å². The molecule has 4 rings (SSSR count). The first-order valence-corrected chi connectivity index (χ1v) is 19.8. The van der Waals surface area contributed by atoms with Crippen molar-refractivity contribution in [2.75, 3.05) is 26.2 Å². The summed E-state index contributed by atoms with van der Waals surface area (Å²) in [6.07, 6.45) is 16.4. The second-order valence-electron chi connectivity index (χ2n) is 20.6. The van der Waals surface area contributed by atoms with Crippen molar-refractivity contribution >= 4 is 18.2 Å². The number of aromatic nitrogens is 3. The Morgan fingerprint density at radius 3 is 1.35 bits per heavy atom. The first kappa shape index (κ1) is 43.0. The highest BCUT2D eigenvalue weighted by Crippen LogP contribution is 2.53. The van der Waals surface area contributed by atoms with E-state index in [1.54, 1.807) is 16.7 Å². The summed E-state index contributed by atoms with van der Waals surface area (Å²) in [5.41, 5.74) is -4.09. The summed E-state index contributed by atoms with van der Waals surface area (Å²) in [5, 5.41) is 0. The monoisotopic (exact) mass is 749 g/mol. The maximum Gasteiger partial charge on any atom is 0.424 e. The van der Waals surface area contributed by atoms with Crippen molar-refractivity contribution < 1.29 is 19.0 Å². The molecule has 298 valence electrons. The first-order valence-electron chi connectivity index (χ1n) is 19.8. The van der Waals surface area contributed by atoms with E-state index in [2.05, 4.69) is 70.6 Å². The number of hydrogen-bond acceptors (Lipinski definition) is 8. The van der Waals surface area contributed by atoms with Crippen LogP contribution in [0, 0.1) is 32.5 Å². The Bertz CT molecular complexity index is 1820. The lowest BCUT2D eigenvalue weighted by Crippen LogP contribution is -2.60. The van der Waals surface area contributed by atoms with Crippen molar-refractivity contribution in [2.45, 2.75) is 158 Å². The van der Waals surface area contributed by atoms with Crippen molar-refractivity contribution in [3.63, 3.8) is 0 Å². The highest BCUT2D eigenvalue weighted by Gasteiger charge is 2.49. The Kier molecular flexibility index (Phi) is 12.9. The van der Waals surface area contributed by atoms with Crippen LogP contribution in [-0.4, -0.2) is 62.7 Å². The molecule has 0 bridgehead atoms. The lowest BCUT2D eigenvalue weighted by molar-refractivity contribution is -0.542. The van der Waals surface area contributed by atoms with E-state index in [-0.39, 0.29) is 29.3 Å². The third-order valence-corrected chi connectivity index (χ3v) is 12.4. The van der Waals surface area contributed by atoms with Gasteiger partial charge in [0, 0.05) is 30.0 Å². The van der Waals surface area contributed by atoms with Gasteiger partial charge in [0.15, 0.2) is 13.1 Å². The molecule has 0 spiro atoms. The molecular weight excluding hydrogens is 684 g/mol. The molecule has 3 aliphatic rings. The Morgan fingerprint density at radius 2 is 1.00 bits per heavy atom. The van der Waals surface area contributed by atoms with Gasteiger partial charge in [0.2, 0.25) is 12.2 Å². The molecule has 1 aromatic rings. The van der Waals surface area contributed by atoms with Gasteiger partial charge in [-0.15, -0.1) is 0 Å². The number of allylic oxidation sites excluding steroid dienone is 2. The van der Waals surface area contributed by atoms with Gasteiger partial charge in [0.1, 0.15) is 0 Å². The standard InChI is InChI=1S/C42H65N6O6/c1-11-12-13-14-15-45(30-51)27-42(10)21-33(18-39(6,7)24-42)48-35(53)46(31-16-37(2,3)22-40(8,19-31)25-43-28-49)34(52)47(36(48)54)32-17-38(4,5)23-41(9,20-32)26-44-29-50/h11-12,31-33H,13-27H2,1-10H3/q+1. The number of carbonyl (C=O) groups excluding carboxylic acids is 3. The van der Waals surface area contributed by atoms with Crippen LogP contribution in [0.15, 0.2) is 36.5 Å². The third-order valence-electron chi connectivity index (χ3n) is 12.4. The lowest BCUT2D eigenvalue weighted by atomic mass is 9.62. The first-order chi connectivity index (χ1) is 25.0. The molecule has 0 radical (unpaired) electrons. The lowest BCUT2D eigenvalue weighted by Gasteiger charge is -2.48. The molecule has 0 saturated heterocycles. The number of isocyanates is 3. The maximum atomic E-state index is 15.1. The van der Waals surface area contributed by atoms with Crippen molar-refractivity contribution in [1.29, 1.82) is 0 Å². The van der Waals surface area contributed by atoms with E-state index in [0.717, 1.165) is 32.1 Å². The highest BCUT2D eigenvalue weighted by molar-refractivity contribution is 5.33. The van der Waals surface area contributed by atoms with E-state index >= 15 is 9.59 Å². The molecule has 1 aromatic heterocycles. The van der Waals surface area contributed by atoms with Crippen molar-refractivity contribution in [2.24, 2.45) is 42.5 Å². The zero-order valence-corrected chi connectivity index (χ0v) is 34.6. The average Bonchev–Trinajstić information content (AvgIpc) is 3.01. The third kappa shape index (κ3) is 10.1. The molecule has 6 unspecified atom stereocenters. The molecular formula is C42H65N6O6+. The number of rotatable bonds is 13. The van der Waals surface area contributed by atoms with Gasteiger partial charge in [-0.2, -0.15) is 9.37 Å². The van der Waals surface area contributed by atoms with Gasteiger partial charge in [0.05, 0.1) is 13.1 Å². The topological polar surface area (TPSA) is 145 Å². The van der Waals surface area contributed by atoms with Crippen LogP contribution in [0.2, 0.25) is 0 Å². The van der Waals surface area contributed by atoms with Crippen LogP contribution in [0.4, 0.5) is 0 Å². The van der Waals surface area contributed by atoms with E-state index in [1.807, 2.05) is 26.8 Å². The molecule has 0 aliphatic heterocycles. The van der Waals surface area contributed by atoms with Crippen LogP contribution < -0.4 is 17.1 Å². The minimum atomic E-state index is -0.616. The fourth-order valence-corrected chi connectivity index (χ4v) is 11.8. The van der Waals surface area contributed by atoms with Gasteiger partial charge < -0.3 is 0 Å². The Balaban J connectivity index is 1.95. The number of nitrogens with zero attached hydrogens (tertiary/aromatic N) is 6. The fraction of sp³-hybridized carbons (Fsp3) is 0.810. The second kappa shape index (κ2) is 16.2. The molecule has 6 atom stereocenters. The van der Waals surface area contributed by atoms with Gasteiger partial charge in [-0.3, -0.25) is 0 Å². The van der Waals surface area contributed by atoms with Crippen molar-refractivity contribution in [1.82, 2.24) is 13.7 Å². The van der Waals surface area contributed by atoms with Crippen LogP contribution in [0.1, 0.15) is 158 Å². The van der Waals surface area contributed by atoms with E-state index in [4.69, 9.17) is 0 Å². The van der Waals surface area contributed by atoms with Crippen LogP contribution in [0.3, 0.4) is 0 Å². The van der Waals surface area contributed by atoms with Gasteiger partial charge in [-0.05, 0) is 98.2 Å². The molecule has 12 heteroatoms. The Morgan fingerprint density at radius 1 is 0.630 bits per heavy atom. The van der Waals surface area contributed by atoms with Gasteiger partial charge in [0.25, 0.3) is 0 Å². The quantitative estimate of drug-likeness (QED) is 0.0712. The number of unbranched alkanes of at least 4 members (excludes halogenated alkanes) is 1. The van der Waals surface area contributed by atoms with E-state index in [1.165, 1.54) is 13.7 Å². The molecule has 1 heterocycles. The molecule has 54 heavy (non-hydrogen) atoms. The van der Waals surface area contributed by atoms with E-state index in [0.29, 0.717) is 51.6 Å². The maximum absolute atomic E-state index is 15.1. The molecule has 0 aromatic carbocycles. The molecule has 0 amide bonds. The van der Waals surface area contributed by atoms with Crippen LogP contribution >= 0.6 is 0 Å². The molecule has 3 fully saturated rings. The van der Waals surface area contributed by atoms with Crippen LogP contribution in [0.5, 0.6) is 0 Å². The Hall–Kier alpha value is -3.71. The summed E-state index contributed by atoms with van der Waals surface area (Å²) < 4.78 is 5.76. The highest BCUT2D eigenvalue weighted by atomic mass is 16.2. The second-order valence-corrected chi connectivity index (χ2v) is 20.6. The number of aliphatic imine (C=N–C) groups is 2.